The van der Waals surface area contributed by atoms with Gasteiger partial charge in [0, 0.05) is 23.5 Å². The van der Waals surface area contributed by atoms with Crippen molar-refractivity contribution in [3.8, 4) is 0 Å². The molecule has 5 nitrogen and oxygen atoms in total. The average molecular weight is 230 g/mol. The van der Waals surface area contributed by atoms with Crippen molar-refractivity contribution in [3.05, 3.63) is 47.8 Å². The van der Waals surface area contributed by atoms with E-state index < -0.39 is 0 Å². The van der Waals surface area contributed by atoms with Gasteiger partial charge in [0.25, 0.3) is 0 Å². The minimum absolute atomic E-state index is 0.225. The number of nitrogens with zero attached hydrogens (tertiary/aromatic N) is 1. The van der Waals surface area contributed by atoms with Gasteiger partial charge in [-0.3, -0.25) is 5.10 Å². The summed E-state index contributed by atoms with van der Waals surface area (Å²) in [5, 5.41) is 12.2. The SMILES string of the molecule is Cc1[nH]ncc1CNC(=O)Nc1ccccc1. The van der Waals surface area contributed by atoms with Gasteiger partial charge in [0.15, 0.2) is 0 Å². The Bertz CT molecular complexity index is 492. The van der Waals surface area contributed by atoms with E-state index in [1.54, 1.807) is 6.20 Å². The van der Waals surface area contributed by atoms with E-state index in [2.05, 4.69) is 20.8 Å². The van der Waals surface area contributed by atoms with E-state index >= 15 is 0 Å². The lowest BCUT2D eigenvalue weighted by atomic mass is 10.3. The molecular weight excluding hydrogens is 216 g/mol. The largest absolute Gasteiger partial charge is 0.334 e. The van der Waals surface area contributed by atoms with E-state index in [0.717, 1.165) is 16.9 Å². The fourth-order valence-corrected chi connectivity index (χ4v) is 1.43. The number of aryl methyl sites for hydroxylation is 1. The fourth-order valence-electron chi connectivity index (χ4n) is 1.43. The van der Waals surface area contributed by atoms with Crippen LogP contribution in [0.15, 0.2) is 36.5 Å². The molecule has 2 rings (SSSR count). The lowest BCUT2D eigenvalue weighted by molar-refractivity contribution is 0.251. The summed E-state index contributed by atoms with van der Waals surface area (Å²) in [4.78, 5) is 11.6. The number of urea groups is 1. The smallest absolute Gasteiger partial charge is 0.319 e. The number of amides is 2. The van der Waals surface area contributed by atoms with Gasteiger partial charge < -0.3 is 10.6 Å². The van der Waals surface area contributed by atoms with Crippen LogP contribution in [0.3, 0.4) is 0 Å². The van der Waals surface area contributed by atoms with Gasteiger partial charge in [0.05, 0.1) is 6.20 Å². The van der Waals surface area contributed by atoms with E-state index in [0.29, 0.717) is 6.54 Å². The number of benzene rings is 1. The Balaban J connectivity index is 1.84. The second-order valence-electron chi connectivity index (χ2n) is 3.69. The highest BCUT2D eigenvalue weighted by Crippen LogP contribution is 2.05. The molecule has 0 radical (unpaired) electrons. The predicted molar refractivity (Wildman–Crippen MR) is 65.6 cm³/mol. The van der Waals surface area contributed by atoms with Crippen molar-refractivity contribution in [2.75, 3.05) is 5.32 Å². The van der Waals surface area contributed by atoms with Crippen LogP contribution in [-0.2, 0) is 6.54 Å². The van der Waals surface area contributed by atoms with Gasteiger partial charge in [-0.1, -0.05) is 18.2 Å². The average Bonchev–Trinajstić information content (AvgIpc) is 2.74. The molecule has 0 aliphatic heterocycles. The van der Waals surface area contributed by atoms with Crippen LogP contribution in [0.1, 0.15) is 11.3 Å². The van der Waals surface area contributed by atoms with Crippen LogP contribution in [0.25, 0.3) is 0 Å². The molecule has 0 fully saturated rings. The Hall–Kier alpha value is -2.30. The molecule has 1 aromatic heterocycles. The summed E-state index contributed by atoms with van der Waals surface area (Å²) >= 11 is 0. The summed E-state index contributed by atoms with van der Waals surface area (Å²) in [5.41, 5.74) is 2.71. The molecule has 0 unspecified atom stereocenters. The Morgan fingerprint density at radius 3 is 2.76 bits per heavy atom. The van der Waals surface area contributed by atoms with Gasteiger partial charge >= 0.3 is 6.03 Å². The van der Waals surface area contributed by atoms with Crippen molar-refractivity contribution in [1.82, 2.24) is 15.5 Å². The summed E-state index contributed by atoms with van der Waals surface area (Å²) in [7, 11) is 0. The molecule has 2 amide bonds. The van der Waals surface area contributed by atoms with E-state index in [4.69, 9.17) is 0 Å². The number of hydrogen-bond donors (Lipinski definition) is 3. The molecule has 0 saturated heterocycles. The lowest BCUT2D eigenvalue weighted by Gasteiger charge is -2.06. The van der Waals surface area contributed by atoms with Crippen molar-refractivity contribution in [2.45, 2.75) is 13.5 Å². The molecule has 0 spiro atoms. The maximum atomic E-state index is 11.6. The zero-order valence-electron chi connectivity index (χ0n) is 9.53. The van der Waals surface area contributed by atoms with Crippen molar-refractivity contribution < 1.29 is 4.79 Å². The topological polar surface area (TPSA) is 69.8 Å². The quantitative estimate of drug-likeness (QED) is 0.755. The van der Waals surface area contributed by atoms with Gasteiger partial charge in [0.2, 0.25) is 0 Å². The third-order valence-electron chi connectivity index (χ3n) is 2.41. The van der Waals surface area contributed by atoms with E-state index in [1.807, 2.05) is 37.3 Å². The van der Waals surface area contributed by atoms with Gasteiger partial charge in [-0.2, -0.15) is 5.10 Å². The minimum atomic E-state index is -0.225. The molecule has 17 heavy (non-hydrogen) atoms. The van der Waals surface area contributed by atoms with Crippen LogP contribution < -0.4 is 10.6 Å². The number of hydrogen-bond acceptors (Lipinski definition) is 2. The number of anilines is 1. The molecule has 0 atom stereocenters. The van der Waals surface area contributed by atoms with Crippen LogP contribution in [0.5, 0.6) is 0 Å². The zero-order valence-corrected chi connectivity index (χ0v) is 9.53. The number of carbonyl (C=O) groups is 1. The number of H-pyrrole nitrogens is 1. The normalized spacial score (nSPS) is 9.94. The highest BCUT2D eigenvalue weighted by Gasteiger charge is 2.03. The highest BCUT2D eigenvalue weighted by molar-refractivity contribution is 5.89. The first-order chi connectivity index (χ1) is 8.25. The molecule has 0 aliphatic rings. The molecule has 2 aromatic rings. The standard InChI is InChI=1S/C12H14N4O/c1-9-10(8-14-16-9)7-13-12(17)15-11-5-3-2-4-6-11/h2-6,8H,7H2,1H3,(H,14,16)(H2,13,15,17). The molecule has 0 saturated carbocycles. The van der Waals surface area contributed by atoms with Gasteiger partial charge in [-0.15, -0.1) is 0 Å². The summed E-state index contributed by atoms with van der Waals surface area (Å²) in [6.45, 7) is 2.38. The summed E-state index contributed by atoms with van der Waals surface area (Å²) in [6.07, 6.45) is 1.71. The number of aromatic nitrogens is 2. The van der Waals surface area contributed by atoms with Crippen LogP contribution >= 0.6 is 0 Å². The molecule has 0 aliphatic carbocycles. The first-order valence-corrected chi connectivity index (χ1v) is 5.34. The highest BCUT2D eigenvalue weighted by atomic mass is 16.2. The molecular formula is C12H14N4O. The Kier molecular flexibility index (Phi) is 3.40. The molecule has 0 bridgehead atoms. The Morgan fingerprint density at radius 2 is 2.12 bits per heavy atom. The minimum Gasteiger partial charge on any atom is -0.334 e. The lowest BCUT2D eigenvalue weighted by Crippen LogP contribution is -2.28. The molecule has 88 valence electrons. The van der Waals surface area contributed by atoms with E-state index in [1.165, 1.54) is 0 Å². The monoisotopic (exact) mass is 230 g/mol. The maximum Gasteiger partial charge on any atom is 0.319 e. The van der Waals surface area contributed by atoms with Crippen LogP contribution in [0.2, 0.25) is 0 Å². The molecule has 3 N–H and O–H groups in total. The zero-order chi connectivity index (χ0) is 12.1. The Labute approximate surface area is 99.2 Å². The van der Waals surface area contributed by atoms with E-state index in [9.17, 15) is 4.79 Å². The van der Waals surface area contributed by atoms with Crippen molar-refractivity contribution in [2.24, 2.45) is 0 Å². The van der Waals surface area contributed by atoms with Gasteiger partial charge in [-0.05, 0) is 19.1 Å². The number of nitrogens with one attached hydrogen (secondary N) is 3. The first kappa shape index (κ1) is 11.2. The molecule has 1 aromatic carbocycles. The number of para-hydroxylation sites is 1. The van der Waals surface area contributed by atoms with Crippen molar-refractivity contribution in [3.63, 3.8) is 0 Å². The number of aromatic amines is 1. The first-order valence-electron chi connectivity index (χ1n) is 5.34. The summed E-state index contributed by atoms with van der Waals surface area (Å²) in [6, 6.07) is 9.09. The van der Waals surface area contributed by atoms with Crippen molar-refractivity contribution >= 4 is 11.7 Å². The van der Waals surface area contributed by atoms with Gasteiger partial charge in [0.1, 0.15) is 0 Å². The van der Waals surface area contributed by atoms with Crippen LogP contribution in [0, 0.1) is 6.92 Å². The second kappa shape index (κ2) is 5.16. The van der Waals surface area contributed by atoms with E-state index in [-0.39, 0.29) is 6.03 Å². The van der Waals surface area contributed by atoms with Crippen molar-refractivity contribution in [1.29, 1.82) is 0 Å². The fraction of sp³-hybridized carbons (Fsp3) is 0.167. The van der Waals surface area contributed by atoms with Gasteiger partial charge in [-0.25, -0.2) is 4.79 Å². The molecule has 5 heteroatoms. The number of rotatable bonds is 3. The third-order valence-corrected chi connectivity index (χ3v) is 2.41. The maximum absolute atomic E-state index is 11.6. The predicted octanol–water partition coefficient (Wildman–Crippen LogP) is 2.04. The second-order valence-corrected chi connectivity index (χ2v) is 3.69. The van der Waals surface area contributed by atoms with Crippen LogP contribution in [-0.4, -0.2) is 16.2 Å². The Morgan fingerprint density at radius 1 is 1.35 bits per heavy atom. The van der Waals surface area contributed by atoms with Crippen LogP contribution in [0.4, 0.5) is 10.5 Å². The summed E-state index contributed by atoms with van der Waals surface area (Å²) < 4.78 is 0. The molecule has 1 heterocycles. The summed E-state index contributed by atoms with van der Waals surface area (Å²) in [5.74, 6) is 0. The number of carbonyl (C=O) groups excluding carboxylic acids is 1. The third kappa shape index (κ3) is 3.07.